The molecule has 6 heterocycles. The SMILES string of the molecule is CC(C)(C)OC(=O)N1CCN(C(=O)N2CCCCC2)C(COc2cccnc2)C1.Cl.Cl.O=C(N1CCCCC1)N1CCCCC1COc1cccnc1. The van der Waals surface area contributed by atoms with Crippen molar-refractivity contribution in [2.75, 3.05) is 65.6 Å². The van der Waals surface area contributed by atoms with Gasteiger partial charge in [-0.15, -0.1) is 24.8 Å². The first-order valence-corrected chi connectivity index (χ1v) is 18.8. The first kappa shape index (κ1) is 43.7. The number of nitrogens with zero attached hydrogens (tertiary/aromatic N) is 7. The number of likely N-dealkylation sites (tertiary alicyclic amines) is 3. The lowest BCUT2D eigenvalue weighted by Crippen LogP contribution is -2.61. The highest BCUT2D eigenvalue weighted by Gasteiger charge is 2.37. The first-order chi connectivity index (χ1) is 24.7. The molecule has 4 aliphatic rings. The van der Waals surface area contributed by atoms with Crippen molar-refractivity contribution in [3.05, 3.63) is 49.1 Å². The van der Waals surface area contributed by atoms with Gasteiger partial charge in [0.2, 0.25) is 0 Å². The standard InChI is InChI=1S/C21H32N4O4.C17H25N3O2.2ClH/c1-21(2,3)29-20(27)24-12-13-25(19(26)23-10-5-4-6-11-23)17(15-24)16-28-18-8-7-9-22-14-18;21-17(19-10-3-1-4-11-19)20-12-5-2-7-15(20)14-22-16-8-6-9-18-13-16;;/h7-9,14,17H,4-6,10-13,15-16H2,1-3H3;6,8-9,13,15H,1-5,7,10-12,14H2;2*1H. The van der Waals surface area contributed by atoms with Crippen molar-refractivity contribution < 1.29 is 28.6 Å². The Morgan fingerprint density at radius 3 is 1.62 bits per heavy atom. The smallest absolute Gasteiger partial charge is 0.410 e. The summed E-state index contributed by atoms with van der Waals surface area (Å²) in [6, 6.07) is 7.60. The number of carbonyl (C=O) groups is 3. The zero-order chi connectivity index (χ0) is 36.1. The molecule has 0 bridgehead atoms. The number of ether oxygens (including phenoxy) is 3. The zero-order valence-electron chi connectivity index (χ0n) is 31.6. The lowest BCUT2D eigenvalue weighted by molar-refractivity contribution is 0.00116. The van der Waals surface area contributed by atoms with Gasteiger partial charge in [0.1, 0.15) is 30.3 Å². The van der Waals surface area contributed by atoms with Crippen molar-refractivity contribution in [2.24, 2.45) is 0 Å². The molecule has 0 N–H and O–H groups in total. The van der Waals surface area contributed by atoms with E-state index in [4.69, 9.17) is 14.2 Å². The van der Waals surface area contributed by atoms with Crippen LogP contribution in [-0.2, 0) is 4.74 Å². The summed E-state index contributed by atoms with van der Waals surface area (Å²) in [5.74, 6) is 1.42. The van der Waals surface area contributed by atoms with Crippen molar-refractivity contribution in [2.45, 2.75) is 96.2 Å². The number of aromatic nitrogens is 2. The number of halogens is 2. The molecule has 2 aromatic rings. The van der Waals surface area contributed by atoms with E-state index in [1.54, 1.807) is 35.8 Å². The van der Waals surface area contributed by atoms with E-state index in [1.165, 1.54) is 19.3 Å². The second kappa shape index (κ2) is 21.9. The minimum atomic E-state index is -0.556. The molecule has 4 aliphatic heterocycles. The second-order valence-electron chi connectivity index (χ2n) is 14.8. The highest BCUT2D eigenvalue weighted by molar-refractivity contribution is 5.85. The van der Waals surface area contributed by atoms with Crippen LogP contribution in [0.15, 0.2) is 49.1 Å². The van der Waals surface area contributed by atoms with Crippen molar-refractivity contribution in [3.63, 3.8) is 0 Å². The van der Waals surface area contributed by atoms with Crippen LogP contribution in [0, 0.1) is 0 Å². The minimum Gasteiger partial charge on any atom is -0.490 e. The molecule has 2 unspecified atom stereocenters. The number of rotatable bonds is 6. The molecule has 15 heteroatoms. The number of pyridine rings is 2. The molecule has 2 atom stereocenters. The maximum Gasteiger partial charge on any atom is 0.410 e. The lowest BCUT2D eigenvalue weighted by Gasteiger charge is -2.43. The van der Waals surface area contributed by atoms with Crippen LogP contribution in [-0.4, -0.2) is 136 Å². The topological polar surface area (TPSA) is 121 Å². The molecule has 2 aromatic heterocycles. The maximum absolute atomic E-state index is 13.1. The summed E-state index contributed by atoms with van der Waals surface area (Å²) in [6.45, 7) is 12.0. The molecule has 4 saturated heterocycles. The average Bonchev–Trinajstić information content (AvgIpc) is 3.17. The van der Waals surface area contributed by atoms with Crippen LogP contribution in [0.25, 0.3) is 0 Å². The highest BCUT2D eigenvalue weighted by atomic mass is 35.5. The van der Waals surface area contributed by atoms with Crippen LogP contribution in [0.2, 0.25) is 0 Å². The Labute approximate surface area is 327 Å². The van der Waals surface area contributed by atoms with Gasteiger partial charge in [-0.2, -0.15) is 0 Å². The Kier molecular flexibility index (Phi) is 18.0. The summed E-state index contributed by atoms with van der Waals surface area (Å²) in [6.07, 6.45) is 16.5. The quantitative estimate of drug-likeness (QED) is 0.316. The minimum absolute atomic E-state index is 0. The van der Waals surface area contributed by atoms with Crippen LogP contribution in [0.1, 0.15) is 78.6 Å². The molecule has 5 amide bonds. The summed E-state index contributed by atoms with van der Waals surface area (Å²) in [7, 11) is 0. The summed E-state index contributed by atoms with van der Waals surface area (Å²) < 4.78 is 17.2. The van der Waals surface area contributed by atoms with Gasteiger partial charge in [0.05, 0.1) is 24.5 Å². The molecule has 0 aliphatic carbocycles. The third-order valence-electron chi connectivity index (χ3n) is 9.66. The number of hydrogen-bond acceptors (Lipinski definition) is 8. The van der Waals surface area contributed by atoms with E-state index < -0.39 is 5.60 Å². The molecule has 6 rings (SSSR count). The average molecular weight is 781 g/mol. The van der Waals surface area contributed by atoms with Crippen molar-refractivity contribution in [1.29, 1.82) is 0 Å². The molecule has 296 valence electrons. The number of hydrogen-bond donors (Lipinski definition) is 0. The van der Waals surface area contributed by atoms with E-state index in [0.717, 1.165) is 77.0 Å². The third kappa shape index (κ3) is 13.6. The maximum atomic E-state index is 13.1. The van der Waals surface area contributed by atoms with Crippen molar-refractivity contribution in [1.82, 2.24) is 34.5 Å². The lowest BCUT2D eigenvalue weighted by atomic mass is 10.0. The van der Waals surface area contributed by atoms with E-state index in [0.29, 0.717) is 38.6 Å². The summed E-state index contributed by atoms with van der Waals surface area (Å²) in [5.41, 5.74) is -0.556. The number of carbonyl (C=O) groups excluding carboxylic acids is 3. The second-order valence-corrected chi connectivity index (χ2v) is 14.8. The Hall–Kier alpha value is -3.71. The fourth-order valence-electron chi connectivity index (χ4n) is 6.95. The number of piperazine rings is 1. The molecule has 13 nitrogen and oxygen atoms in total. The van der Waals surface area contributed by atoms with Gasteiger partial charge in [-0.05, 0) is 103 Å². The fraction of sp³-hybridized carbons (Fsp3) is 0.658. The summed E-state index contributed by atoms with van der Waals surface area (Å²) >= 11 is 0. The zero-order valence-corrected chi connectivity index (χ0v) is 33.2. The van der Waals surface area contributed by atoms with Gasteiger partial charge in [0.15, 0.2) is 0 Å². The number of urea groups is 2. The molecule has 0 saturated carbocycles. The van der Waals surface area contributed by atoms with Gasteiger partial charge < -0.3 is 38.7 Å². The molecule has 0 aromatic carbocycles. The van der Waals surface area contributed by atoms with E-state index >= 15 is 0 Å². The Balaban J connectivity index is 0.000000284. The normalized spacial score (nSPS) is 20.5. The predicted molar refractivity (Wildman–Crippen MR) is 208 cm³/mol. The van der Waals surface area contributed by atoms with Crippen LogP contribution in [0.5, 0.6) is 11.5 Å². The van der Waals surface area contributed by atoms with Crippen LogP contribution >= 0.6 is 24.8 Å². The van der Waals surface area contributed by atoms with Gasteiger partial charge >= 0.3 is 18.2 Å². The van der Waals surface area contributed by atoms with Gasteiger partial charge in [-0.25, -0.2) is 14.4 Å². The highest BCUT2D eigenvalue weighted by Crippen LogP contribution is 2.23. The van der Waals surface area contributed by atoms with Gasteiger partial charge in [0.25, 0.3) is 0 Å². The van der Waals surface area contributed by atoms with E-state index in [-0.39, 0.29) is 55.1 Å². The van der Waals surface area contributed by atoms with E-state index in [1.807, 2.05) is 58.6 Å². The monoisotopic (exact) mass is 779 g/mol. The predicted octanol–water partition coefficient (Wildman–Crippen LogP) is 6.75. The van der Waals surface area contributed by atoms with Crippen LogP contribution in [0.4, 0.5) is 14.4 Å². The summed E-state index contributed by atoms with van der Waals surface area (Å²) in [5, 5.41) is 0. The van der Waals surface area contributed by atoms with E-state index in [9.17, 15) is 14.4 Å². The number of amides is 5. The molecular weight excluding hydrogens is 721 g/mol. The van der Waals surface area contributed by atoms with Gasteiger partial charge in [0, 0.05) is 64.8 Å². The molecular formula is C38H59Cl2N7O6. The number of piperidine rings is 3. The fourth-order valence-corrected chi connectivity index (χ4v) is 6.95. The Morgan fingerprint density at radius 1 is 0.642 bits per heavy atom. The molecule has 0 radical (unpaired) electrons. The molecule has 53 heavy (non-hydrogen) atoms. The Morgan fingerprint density at radius 2 is 1.13 bits per heavy atom. The van der Waals surface area contributed by atoms with E-state index in [2.05, 4.69) is 9.97 Å². The van der Waals surface area contributed by atoms with Crippen LogP contribution in [0.3, 0.4) is 0 Å². The third-order valence-corrected chi connectivity index (χ3v) is 9.66. The van der Waals surface area contributed by atoms with Crippen LogP contribution < -0.4 is 9.47 Å². The largest absolute Gasteiger partial charge is 0.490 e. The molecule has 0 spiro atoms. The van der Waals surface area contributed by atoms with Crippen molar-refractivity contribution >= 4 is 43.0 Å². The summed E-state index contributed by atoms with van der Waals surface area (Å²) in [4.78, 5) is 56.1. The Bertz CT molecular complexity index is 1380. The van der Waals surface area contributed by atoms with Gasteiger partial charge in [-0.1, -0.05) is 0 Å². The van der Waals surface area contributed by atoms with Gasteiger partial charge in [-0.3, -0.25) is 9.97 Å². The molecule has 4 fully saturated rings. The first-order valence-electron chi connectivity index (χ1n) is 18.8. The van der Waals surface area contributed by atoms with Crippen molar-refractivity contribution in [3.8, 4) is 11.5 Å².